The van der Waals surface area contributed by atoms with Crippen LogP contribution in [0.2, 0.25) is 0 Å². The summed E-state index contributed by atoms with van der Waals surface area (Å²) in [5, 5.41) is 11.0. The van der Waals surface area contributed by atoms with Crippen LogP contribution < -0.4 is 16.0 Å². The SMILES string of the molecule is COc1ccc(-c2csc3[nH]c(=O)n(CCCC(=O)O)c(=O)c23)cc1C. The Hall–Kier alpha value is -2.87. The number of rotatable bonds is 6. The summed E-state index contributed by atoms with van der Waals surface area (Å²) in [5.74, 6) is -0.201. The lowest BCUT2D eigenvalue weighted by Gasteiger charge is -2.08. The van der Waals surface area contributed by atoms with Gasteiger partial charge in [-0.25, -0.2) is 4.79 Å². The molecule has 3 rings (SSSR count). The van der Waals surface area contributed by atoms with Crippen LogP contribution in [0.4, 0.5) is 0 Å². The van der Waals surface area contributed by atoms with Crippen molar-refractivity contribution in [2.24, 2.45) is 0 Å². The first-order valence-corrected chi connectivity index (χ1v) is 8.91. The van der Waals surface area contributed by atoms with Crippen molar-refractivity contribution in [3.8, 4) is 16.9 Å². The van der Waals surface area contributed by atoms with Crippen molar-refractivity contribution >= 4 is 27.5 Å². The van der Waals surface area contributed by atoms with Crippen LogP contribution in [0, 0.1) is 6.92 Å². The first kappa shape index (κ1) is 17.9. The first-order valence-electron chi connectivity index (χ1n) is 8.03. The lowest BCUT2D eigenvalue weighted by atomic mass is 10.0. The van der Waals surface area contributed by atoms with E-state index in [1.54, 1.807) is 7.11 Å². The molecule has 2 aromatic heterocycles. The maximum absolute atomic E-state index is 12.9. The molecule has 0 fully saturated rings. The van der Waals surface area contributed by atoms with Crippen LogP contribution in [0.15, 0.2) is 33.2 Å². The molecule has 7 nitrogen and oxygen atoms in total. The number of nitrogens with one attached hydrogen (secondary N) is 1. The summed E-state index contributed by atoms with van der Waals surface area (Å²) in [6, 6.07) is 5.64. The molecule has 0 amide bonds. The summed E-state index contributed by atoms with van der Waals surface area (Å²) in [4.78, 5) is 38.9. The molecule has 26 heavy (non-hydrogen) atoms. The highest BCUT2D eigenvalue weighted by Crippen LogP contribution is 2.32. The number of benzene rings is 1. The maximum atomic E-state index is 12.9. The number of hydrogen-bond donors (Lipinski definition) is 2. The number of thiophene rings is 1. The predicted octanol–water partition coefficient (Wildman–Crippen LogP) is 2.60. The molecule has 0 saturated carbocycles. The number of carboxylic acids is 1. The van der Waals surface area contributed by atoms with Gasteiger partial charge in [0.15, 0.2) is 0 Å². The number of hydrogen-bond acceptors (Lipinski definition) is 5. The van der Waals surface area contributed by atoms with Crippen LogP contribution in [-0.2, 0) is 11.3 Å². The summed E-state index contributed by atoms with van der Waals surface area (Å²) < 4.78 is 6.34. The van der Waals surface area contributed by atoms with Crippen molar-refractivity contribution in [2.45, 2.75) is 26.3 Å². The molecule has 0 radical (unpaired) electrons. The number of carboxylic acid groups (broad SMARTS) is 1. The van der Waals surface area contributed by atoms with E-state index in [2.05, 4.69) is 4.98 Å². The second-order valence-electron chi connectivity index (χ2n) is 5.92. The second kappa shape index (κ2) is 7.17. The molecule has 2 N–H and O–H groups in total. The standard InChI is InChI=1S/C18H18N2O5S/c1-10-8-11(5-6-13(10)25-2)12-9-26-16-15(12)17(23)20(18(24)19-16)7-3-4-14(21)22/h5-6,8-9H,3-4,7H2,1-2H3,(H,19,24)(H,21,22). The van der Waals surface area contributed by atoms with Gasteiger partial charge in [0.2, 0.25) is 0 Å². The average molecular weight is 374 g/mol. The van der Waals surface area contributed by atoms with Gasteiger partial charge in [0, 0.05) is 23.9 Å². The molecule has 0 aliphatic heterocycles. The third kappa shape index (κ3) is 3.28. The van der Waals surface area contributed by atoms with E-state index in [9.17, 15) is 14.4 Å². The van der Waals surface area contributed by atoms with Crippen LogP contribution in [0.3, 0.4) is 0 Å². The van der Waals surface area contributed by atoms with E-state index in [1.165, 1.54) is 11.3 Å². The van der Waals surface area contributed by atoms with Crippen LogP contribution >= 0.6 is 11.3 Å². The molecule has 0 spiro atoms. The molecule has 0 aliphatic carbocycles. The van der Waals surface area contributed by atoms with Gasteiger partial charge >= 0.3 is 11.7 Å². The van der Waals surface area contributed by atoms with Gasteiger partial charge in [0.05, 0.1) is 12.5 Å². The summed E-state index contributed by atoms with van der Waals surface area (Å²) in [6.07, 6.45) is 0.114. The largest absolute Gasteiger partial charge is 0.496 e. The highest BCUT2D eigenvalue weighted by Gasteiger charge is 2.16. The van der Waals surface area contributed by atoms with Gasteiger partial charge in [0.25, 0.3) is 5.56 Å². The third-order valence-corrected chi connectivity index (χ3v) is 5.09. The van der Waals surface area contributed by atoms with Crippen molar-refractivity contribution in [2.75, 3.05) is 7.11 Å². The monoisotopic (exact) mass is 374 g/mol. The van der Waals surface area contributed by atoms with Gasteiger partial charge in [-0.1, -0.05) is 6.07 Å². The molecule has 0 bridgehead atoms. The predicted molar refractivity (Wildman–Crippen MR) is 100 cm³/mol. The van der Waals surface area contributed by atoms with Gasteiger partial charge in [0.1, 0.15) is 10.6 Å². The van der Waals surface area contributed by atoms with Gasteiger partial charge in [-0.05, 0) is 36.6 Å². The van der Waals surface area contributed by atoms with Crippen LogP contribution in [0.5, 0.6) is 5.75 Å². The van der Waals surface area contributed by atoms with E-state index in [0.29, 0.717) is 10.2 Å². The van der Waals surface area contributed by atoms with Crippen LogP contribution in [0.1, 0.15) is 18.4 Å². The fourth-order valence-electron chi connectivity index (χ4n) is 2.90. The molecule has 0 unspecified atom stereocenters. The summed E-state index contributed by atoms with van der Waals surface area (Å²) in [6.45, 7) is 1.98. The number of methoxy groups -OCH3 is 1. The fraction of sp³-hybridized carbons (Fsp3) is 0.278. The second-order valence-corrected chi connectivity index (χ2v) is 6.80. The highest BCUT2D eigenvalue weighted by molar-refractivity contribution is 7.17. The molecule has 3 aromatic rings. The summed E-state index contributed by atoms with van der Waals surface area (Å²) >= 11 is 1.30. The van der Waals surface area contributed by atoms with E-state index in [-0.39, 0.29) is 19.4 Å². The Morgan fingerprint density at radius 1 is 1.35 bits per heavy atom. The van der Waals surface area contributed by atoms with Crippen molar-refractivity contribution in [3.63, 3.8) is 0 Å². The van der Waals surface area contributed by atoms with Gasteiger partial charge in [-0.3, -0.25) is 19.1 Å². The van der Waals surface area contributed by atoms with Crippen molar-refractivity contribution in [1.29, 1.82) is 0 Å². The Labute approximate surface area is 152 Å². The number of ether oxygens (including phenoxy) is 1. The van der Waals surface area contributed by atoms with E-state index >= 15 is 0 Å². The van der Waals surface area contributed by atoms with E-state index in [1.807, 2.05) is 30.5 Å². The minimum Gasteiger partial charge on any atom is -0.496 e. The fourth-order valence-corrected chi connectivity index (χ4v) is 3.85. The zero-order chi connectivity index (χ0) is 18.8. The van der Waals surface area contributed by atoms with Crippen molar-refractivity contribution < 1.29 is 14.6 Å². The van der Waals surface area contributed by atoms with Crippen LogP contribution in [-0.4, -0.2) is 27.7 Å². The number of aliphatic carboxylic acids is 1. The number of carbonyl (C=O) groups is 1. The highest BCUT2D eigenvalue weighted by atomic mass is 32.1. The zero-order valence-electron chi connectivity index (χ0n) is 14.4. The maximum Gasteiger partial charge on any atom is 0.329 e. The minimum absolute atomic E-state index is 0.0628. The van der Waals surface area contributed by atoms with Crippen molar-refractivity contribution in [3.05, 3.63) is 50.0 Å². The Balaban J connectivity index is 2.11. The quantitative estimate of drug-likeness (QED) is 0.691. The number of H-pyrrole nitrogens is 1. The molecular formula is C18H18N2O5S. The number of aromatic amines is 1. The Morgan fingerprint density at radius 3 is 2.77 bits per heavy atom. The molecule has 136 valence electrons. The molecule has 0 aliphatic rings. The van der Waals surface area contributed by atoms with E-state index in [0.717, 1.165) is 27.0 Å². The van der Waals surface area contributed by atoms with Gasteiger partial charge < -0.3 is 9.84 Å². The normalized spacial score (nSPS) is 11.0. The molecule has 0 saturated heterocycles. The summed E-state index contributed by atoms with van der Waals surface area (Å²) in [5.41, 5.74) is 1.61. The molecule has 2 heterocycles. The first-order chi connectivity index (χ1) is 12.4. The van der Waals surface area contributed by atoms with E-state index in [4.69, 9.17) is 9.84 Å². The zero-order valence-corrected chi connectivity index (χ0v) is 15.2. The molecule has 0 atom stereocenters. The lowest BCUT2D eigenvalue weighted by Crippen LogP contribution is -2.35. The Morgan fingerprint density at radius 2 is 2.12 bits per heavy atom. The number of nitrogens with zero attached hydrogens (tertiary/aromatic N) is 1. The van der Waals surface area contributed by atoms with Gasteiger partial charge in [-0.15, -0.1) is 11.3 Å². The lowest BCUT2D eigenvalue weighted by molar-refractivity contribution is -0.137. The number of fused-ring (bicyclic) bond motifs is 1. The third-order valence-electron chi connectivity index (χ3n) is 4.19. The summed E-state index contributed by atoms with van der Waals surface area (Å²) in [7, 11) is 1.60. The minimum atomic E-state index is -0.958. The Bertz CT molecular complexity index is 1090. The van der Waals surface area contributed by atoms with Crippen molar-refractivity contribution in [1.82, 2.24) is 9.55 Å². The Kier molecular flexibility index (Phi) is 4.94. The van der Waals surface area contributed by atoms with Crippen LogP contribution in [0.25, 0.3) is 21.3 Å². The smallest absolute Gasteiger partial charge is 0.329 e. The molecular weight excluding hydrogens is 356 g/mol. The van der Waals surface area contributed by atoms with E-state index < -0.39 is 17.2 Å². The molecule has 8 heteroatoms. The average Bonchev–Trinajstić information content (AvgIpc) is 3.01. The number of aromatic nitrogens is 2. The topological polar surface area (TPSA) is 101 Å². The number of aryl methyl sites for hydroxylation is 1. The van der Waals surface area contributed by atoms with Gasteiger partial charge in [-0.2, -0.15) is 0 Å². The molecule has 1 aromatic carbocycles.